The van der Waals surface area contributed by atoms with Crippen molar-refractivity contribution in [2.24, 2.45) is 0 Å². The Bertz CT molecular complexity index is 670. The van der Waals surface area contributed by atoms with Crippen LogP contribution in [0.5, 0.6) is 0 Å². The molecular weight excluding hydrogens is 320 g/mol. The number of aromatic nitrogens is 1. The molecule has 0 aliphatic carbocycles. The number of pyridine rings is 1. The summed E-state index contributed by atoms with van der Waals surface area (Å²) in [4.78, 5) is 16.0. The van der Waals surface area contributed by atoms with Crippen LogP contribution in [0.3, 0.4) is 0 Å². The van der Waals surface area contributed by atoms with Crippen molar-refractivity contribution in [1.82, 2.24) is 9.29 Å². The summed E-state index contributed by atoms with van der Waals surface area (Å²) in [5.41, 5.74) is 0.201. The molecule has 1 amide bonds. The molecule has 0 radical (unpaired) electrons. The van der Waals surface area contributed by atoms with Crippen molar-refractivity contribution in [3.8, 4) is 0 Å². The second-order valence-corrected chi connectivity index (χ2v) is 7.46. The highest BCUT2D eigenvalue weighted by atomic mass is 32.2. The van der Waals surface area contributed by atoms with Gasteiger partial charge in [0.1, 0.15) is 4.90 Å². The lowest BCUT2D eigenvalue weighted by Gasteiger charge is -2.22. The van der Waals surface area contributed by atoms with Gasteiger partial charge in [-0.15, -0.1) is 0 Å². The number of fused-ring (bicyclic) bond motifs is 1. The third-order valence-corrected chi connectivity index (χ3v) is 5.82. The van der Waals surface area contributed by atoms with Crippen LogP contribution in [0.4, 0.5) is 0 Å². The average molecular weight is 340 g/mol. The molecule has 1 unspecified atom stereocenters. The summed E-state index contributed by atoms with van der Waals surface area (Å²) in [6.45, 7) is 1.39. The molecule has 7 nitrogen and oxygen atoms in total. The second-order valence-electron chi connectivity index (χ2n) is 5.63. The van der Waals surface area contributed by atoms with E-state index in [1.165, 1.54) is 18.5 Å². The number of sulfonamides is 1. The van der Waals surface area contributed by atoms with Gasteiger partial charge in [-0.2, -0.15) is 0 Å². The van der Waals surface area contributed by atoms with Gasteiger partial charge in [-0.1, -0.05) is 0 Å². The van der Waals surface area contributed by atoms with Gasteiger partial charge in [0, 0.05) is 32.2 Å². The molecule has 0 N–H and O–H groups in total. The Morgan fingerprint density at radius 3 is 2.96 bits per heavy atom. The Balaban J connectivity index is 1.48. The number of carbonyl (C=O) groups excluding carboxylic acids is 1. The van der Waals surface area contributed by atoms with Crippen molar-refractivity contribution < 1.29 is 22.7 Å². The largest absolute Gasteiger partial charge is 0.353 e. The summed E-state index contributed by atoms with van der Waals surface area (Å²) >= 11 is 0. The van der Waals surface area contributed by atoms with Crippen LogP contribution in [0.25, 0.3) is 0 Å². The van der Waals surface area contributed by atoms with Gasteiger partial charge in [0.2, 0.25) is 0 Å². The van der Waals surface area contributed by atoms with E-state index in [0.717, 1.165) is 30.2 Å². The van der Waals surface area contributed by atoms with Crippen LogP contribution in [0.2, 0.25) is 0 Å². The van der Waals surface area contributed by atoms with E-state index in [1.54, 1.807) is 0 Å². The van der Waals surface area contributed by atoms with E-state index in [1.807, 2.05) is 0 Å². The number of unbranched alkanes of at least 4 members (excludes halogenated alkanes) is 1. The van der Waals surface area contributed by atoms with Crippen molar-refractivity contribution in [3.63, 3.8) is 0 Å². The summed E-state index contributed by atoms with van der Waals surface area (Å²) in [7, 11) is -3.75. The van der Waals surface area contributed by atoms with E-state index in [9.17, 15) is 13.2 Å². The summed E-state index contributed by atoms with van der Waals surface area (Å²) in [6, 6.07) is 1.44. The smallest absolute Gasteiger partial charge is 0.269 e. The first-order valence-electron chi connectivity index (χ1n) is 7.85. The van der Waals surface area contributed by atoms with Crippen LogP contribution < -0.4 is 0 Å². The van der Waals surface area contributed by atoms with Crippen LogP contribution >= 0.6 is 0 Å². The Morgan fingerprint density at radius 2 is 2.22 bits per heavy atom. The zero-order valence-corrected chi connectivity index (χ0v) is 13.6. The highest BCUT2D eigenvalue weighted by Crippen LogP contribution is 2.29. The maximum Gasteiger partial charge on any atom is 0.269 e. The molecule has 0 spiro atoms. The molecule has 2 aliphatic rings. The van der Waals surface area contributed by atoms with Crippen LogP contribution in [-0.4, -0.2) is 49.7 Å². The van der Waals surface area contributed by atoms with Gasteiger partial charge >= 0.3 is 0 Å². The van der Waals surface area contributed by atoms with Crippen LogP contribution in [0.15, 0.2) is 23.4 Å². The van der Waals surface area contributed by atoms with Crippen LogP contribution in [-0.2, 0) is 19.5 Å². The highest BCUT2D eigenvalue weighted by molar-refractivity contribution is 7.90. The van der Waals surface area contributed by atoms with Gasteiger partial charge in [-0.3, -0.25) is 9.78 Å². The molecule has 1 fully saturated rings. The van der Waals surface area contributed by atoms with Crippen molar-refractivity contribution in [2.75, 3.05) is 19.8 Å². The van der Waals surface area contributed by atoms with Gasteiger partial charge < -0.3 is 9.47 Å². The van der Waals surface area contributed by atoms with E-state index < -0.39 is 15.9 Å². The van der Waals surface area contributed by atoms with E-state index in [2.05, 4.69) is 4.98 Å². The normalized spacial score (nSPS) is 23.0. The summed E-state index contributed by atoms with van der Waals surface area (Å²) in [5, 5.41) is 0. The van der Waals surface area contributed by atoms with Crippen LogP contribution in [0, 0.1) is 0 Å². The Kier molecular flexibility index (Phi) is 4.93. The third-order valence-electron chi connectivity index (χ3n) is 4.01. The fourth-order valence-electron chi connectivity index (χ4n) is 2.76. The first-order chi connectivity index (χ1) is 11.1. The lowest BCUT2D eigenvalue weighted by atomic mass is 10.2. The minimum absolute atomic E-state index is 0.00291. The third kappa shape index (κ3) is 3.39. The molecule has 0 saturated carbocycles. The first kappa shape index (κ1) is 16.4. The van der Waals surface area contributed by atoms with E-state index in [4.69, 9.17) is 9.47 Å². The van der Waals surface area contributed by atoms with Gasteiger partial charge in [0.05, 0.1) is 5.56 Å². The number of amides is 1. The summed E-state index contributed by atoms with van der Waals surface area (Å²) in [5.74, 6) is -0.473. The molecule has 1 aromatic heterocycles. The SMILES string of the molecule is O=C1c2ccncc2S(=O)(=O)N1CCCCOC1CCCCO1. The van der Waals surface area contributed by atoms with E-state index in [0.29, 0.717) is 19.4 Å². The van der Waals surface area contributed by atoms with Gasteiger partial charge in [-0.25, -0.2) is 12.7 Å². The van der Waals surface area contributed by atoms with E-state index in [-0.39, 0.29) is 23.3 Å². The summed E-state index contributed by atoms with van der Waals surface area (Å²) < 4.78 is 36.6. The first-order valence-corrected chi connectivity index (χ1v) is 9.29. The number of nitrogens with zero attached hydrogens (tertiary/aromatic N) is 2. The number of hydrogen-bond donors (Lipinski definition) is 0. The predicted molar refractivity (Wildman–Crippen MR) is 81.2 cm³/mol. The highest BCUT2D eigenvalue weighted by Gasteiger charge is 2.40. The quantitative estimate of drug-likeness (QED) is 0.730. The Morgan fingerprint density at radius 1 is 1.35 bits per heavy atom. The Hall–Kier alpha value is -1.51. The zero-order chi connectivity index (χ0) is 16.3. The second kappa shape index (κ2) is 6.94. The fourth-order valence-corrected chi connectivity index (χ4v) is 4.31. The Labute approximate surface area is 135 Å². The van der Waals surface area contributed by atoms with Gasteiger partial charge in [-0.05, 0) is 38.2 Å². The number of rotatable bonds is 6. The molecule has 3 heterocycles. The maximum absolute atomic E-state index is 12.3. The molecule has 1 saturated heterocycles. The lowest BCUT2D eigenvalue weighted by molar-refractivity contribution is -0.162. The fraction of sp³-hybridized carbons (Fsp3) is 0.600. The molecule has 23 heavy (non-hydrogen) atoms. The molecular formula is C15H20N2O5S. The van der Waals surface area contributed by atoms with Crippen LogP contribution in [0.1, 0.15) is 42.5 Å². The molecule has 1 atom stereocenters. The molecule has 1 aromatic rings. The maximum atomic E-state index is 12.3. The molecule has 8 heteroatoms. The minimum atomic E-state index is -3.75. The van der Waals surface area contributed by atoms with E-state index >= 15 is 0 Å². The standard InChI is InChI=1S/C15H20N2O5S/c18-15-12-6-7-16-11-13(12)23(19,20)17(15)8-2-4-10-22-14-5-1-3-9-21-14/h6-7,11,14H,1-5,8-10H2. The number of ether oxygens (including phenoxy) is 2. The monoisotopic (exact) mass is 340 g/mol. The summed E-state index contributed by atoms with van der Waals surface area (Å²) in [6.07, 6.45) is 6.83. The zero-order valence-electron chi connectivity index (χ0n) is 12.8. The van der Waals surface area contributed by atoms with Crippen molar-refractivity contribution in [1.29, 1.82) is 0 Å². The van der Waals surface area contributed by atoms with Crippen molar-refractivity contribution in [3.05, 3.63) is 24.0 Å². The lowest BCUT2D eigenvalue weighted by Crippen LogP contribution is -2.31. The van der Waals surface area contributed by atoms with Crippen molar-refractivity contribution in [2.45, 2.75) is 43.3 Å². The molecule has 0 aromatic carbocycles. The van der Waals surface area contributed by atoms with Crippen molar-refractivity contribution >= 4 is 15.9 Å². The molecule has 0 bridgehead atoms. The van der Waals surface area contributed by atoms with Gasteiger partial charge in [0.15, 0.2) is 6.29 Å². The number of hydrogen-bond acceptors (Lipinski definition) is 6. The molecule has 3 rings (SSSR count). The molecule has 126 valence electrons. The van der Waals surface area contributed by atoms with Gasteiger partial charge in [0.25, 0.3) is 15.9 Å². The molecule has 2 aliphatic heterocycles. The topological polar surface area (TPSA) is 85.8 Å². The number of carbonyl (C=O) groups is 1. The predicted octanol–water partition coefficient (Wildman–Crippen LogP) is 1.55. The minimum Gasteiger partial charge on any atom is -0.353 e. The average Bonchev–Trinajstić information content (AvgIpc) is 2.76.